The standard InChI is InChI=1S/C51H82N2.2C14H29.Ni/c1-8-15-22-29-41-36-46(37-42(30-23-16-9-2)48(41)34-27-20-13-6)50-40-45(33-26-19-12-5)51(53(50)52)47-38-43(31-24-17-10-3)49(35-28-21-14-7)44(39-47)32-25-18-11-4;2*1-3-5-7-9-11-13-14-12-10-8-6-4-2;/h36-40H,8-35H2,1-7H3;2*1,3-14H2,2H3;/q;2*-1;+2. The van der Waals surface area contributed by atoms with Crippen LogP contribution in [0.25, 0.3) is 16.9 Å². The van der Waals surface area contributed by atoms with Crippen LogP contribution in [0.3, 0.4) is 0 Å². The molecule has 0 aromatic heterocycles. The van der Waals surface area contributed by atoms with Gasteiger partial charge in [-0.3, -0.25) is 0 Å². The molecule has 3 heteroatoms. The van der Waals surface area contributed by atoms with Gasteiger partial charge in [-0.25, -0.2) is 4.70 Å². The van der Waals surface area contributed by atoms with Crippen molar-refractivity contribution in [3.8, 4) is 0 Å². The first-order valence-electron chi connectivity index (χ1n) is 36.6. The molecule has 82 heavy (non-hydrogen) atoms. The van der Waals surface area contributed by atoms with Gasteiger partial charge in [-0.1, -0.05) is 293 Å². The van der Waals surface area contributed by atoms with Crippen molar-refractivity contribution in [3.05, 3.63) is 99.8 Å². The summed E-state index contributed by atoms with van der Waals surface area (Å²) < 4.78 is 1.64. The summed E-state index contributed by atoms with van der Waals surface area (Å²) in [5.74, 6) is 0. The van der Waals surface area contributed by atoms with Gasteiger partial charge in [-0.05, 0) is 148 Å². The van der Waals surface area contributed by atoms with Gasteiger partial charge in [0.25, 0.3) is 0 Å². The minimum Gasteiger partial charge on any atom is -0.493 e. The van der Waals surface area contributed by atoms with Crippen LogP contribution in [0, 0.1) is 13.8 Å². The molecule has 0 saturated carbocycles. The maximum atomic E-state index is 12.5. The Morgan fingerprint density at radius 2 is 0.524 bits per heavy atom. The normalized spacial score (nSPS) is 12.1. The second-order valence-electron chi connectivity index (χ2n) is 25.2. The first-order chi connectivity index (χ1) is 39.8. The van der Waals surface area contributed by atoms with Crippen LogP contribution in [-0.4, -0.2) is 4.70 Å². The van der Waals surface area contributed by atoms with E-state index in [0.717, 1.165) is 62.8 Å². The predicted octanol–water partition coefficient (Wildman–Crippen LogP) is 27.5. The fourth-order valence-corrected chi connectivity index (χ4v) is 12.3. The van der Waals surface area contributed by atoms with Crippen molar-refractivity contribution in [3.63, 3.8) is 0 Å². The average molecular weight is 1180 g/mol. The Bertz CT molecular complexity index is 1720. The second kappa shape index (κ2) is 58.1. The molecule has 0 N–H and O–H groups in total. The van der Waals surface area contributed by atoms with Gasteiger partial charge in [0.05, 0.1) is 0 Å². The van der Waals surface area contributed by atoms with Gasteiger partial charge in [0.1, 0.15) is 0 Å². The monoisotopic (exact) mass is 1180 g/mol. The molecule has 3 rings (SSSR count). The van der Waals surface area contributed by atoms with Crippen LogP contribution in [0.15, 0.2) is 35.9 Å². The van der Waals surface area contributed by atoms with E-state index in [9.17, 15) is 5.53 Å². The van der Waals surface area contributed by atoms with E-state index >= 15 is 0 Å². The Kier molecular flexibility index (Phi) is 56.6. The van der Waals surface area contributed by atoms with Gasteiger partial charge in [0.15, 0.2) is 0 Å². The Morgan fingerprint density at radius 3 is 0.805 bits per heavy atom. The molecule has 2 aromatic rings. The van der Waals surface area contributed by atoms with Crippen molar-refractivity contribution in [2.24, 2.45) is 0 Å². The van der Waals surface area contributed by atoms with Gasteiger partial charge in [-0.2, -0.15) is 12.8 Å². The van der Waals surface area contributed by atoms with Crippen LogP contribution in [0.1, 0.15) is 402 Å². The Labute approximate surface area is 525 Å². The molecule has 2 aromatic carbocycles. The molecule has 0 radical (unpaired) electrons. The maximum Gasteiger partial charge on any atom is 2.00 e. The summed E-state index contributed by atoms with van der Waals surface area (Å²) in [4.78, 5) is 0. The number of benzene rings is 2. The first kappa shape index (κ1) is 80.0. The third kappa shape index (κ3) is 37.5. The average Bonchev–Trinajstić information content (AvgIpc) is 3.95. The predicted molar refractivity (Wildman–Crippen MR) is 368 cm³/mol. The van der Waals surface area contributed by atoms with E-state index in [1.54, 1.807) is 38.1 Å². The van der Waals surface area contributed by atoms with Gasteiger partial charge < -0.3 is 19.4 Å². The minimum atomic E-state index is 0. The van der Waals surface area contributed by atoms with Gasteiger partial charge in [0, 0.05) is 22.8 Å². The van der Waals surface area contributed by atoms with Crippen molar-refractivity contribution < 1.29 is 21.2 Å². The van der Waals surface area contributed by atoms with Crippen molar-refractivity contribution in [2.45, 2.75) is 396 Å². The van der Waals surface area contributed by atoms with Crippen molar-refractivity contribution >= 4 is 11.4 Å². The molecule has 0 saturated heterocycles. The first-order valence-corrected chi connectivity index (χ1v) is 36.6. The summed E-state index contributed by atoms with van der Waals surface area (Å²) in [6, 6.07) is 10.0. The number of unbranched alkanes of at least 4 members (excludes halogenated alkanes) is 36. The zero-order chi connectivity index (χ0) is 59.2. The fourth-order valence-electron chi connectivity index (χ4n) is 12.3. The van der Waals surface area contributed by atoms with Gasteiger partial charge in [-0.15, -0.1) is 0 Å². The second-order valence-corrected chi connectivity index (χ2v) is 25.2. The summed E-state index contributed by atoms with van der Waals surface area (Å²) in [5, 5.41) is 0. The molecule has 0 atom stereocenters. The largest absolute Gasteiger partial charge is 2.00 e. The zero-order valence-electron chi connectivity index (χ0n) is 56.8. The molecule has 1 heterocycles. The van der Waals surface area contributed by atoms with Crippen molar-refractivity contribution in [1.82, 2.24) is 0 Å². The number of aryl methyl sites for hydroxylation is 4. The maximum absolute atomic E-state index is 12.5. The molecule has 1 aliphatic rings. The van der Waals surface area contributed by atoms with Crippen LogP contribution in [0.2, 0.25) is 0 Å². The van der Waals surface area contributed by atoms with E-state index in [0.29, 0.717) is 0 Å². The van der Waals surface area contributed by atoms with Crippen LogP contribution in [0.4, 0.5) is 0 Å². The molecule has 0 unspecified atom stereocenters. The Morgan fingerprint density at radius 1 is 0.293 bits per heavy atom. The van der Waals surface area contributed by atoms with E-state index in [4.69, 9.17) is 0 Å². The smallest absolute Gasteiger partial charge is 0.493 e. The molecule has 0 bridgehead atoms. The number of hydrogen-bond acceptors (Lipinski definition) is 0. The minimum absolute atomic E-state index is 0. The Hall–Kier alpha value is -1.99. The molecule has 476 valence electrons. The third-order valence-corrected chi connectivity index (χ3v) is 17.5. The van der Waals surface area contributed by atoms with Crippen molar-refractivity contribution in [1.29, 1.82) is 0 Å². The zero-order valence-corrected chi connectivity index (χ0v) is 57.8. The molecule has 0 amide bonds. The fraction of sp³-hybridized carbons (Fsp3) is 0.772. The van der Waals surface area contributed by atoms with Crippen LogP contribution < -0.4 is 0 Å². The van der Waals surface area contributed by atoms with Crippen molar-refractivity contribution in [2.75, 3.05) is 0 Å². The number of hydrogen-bond donors (Lipinski definition) is 0. The molecule has 1 aliphatic heterocycles. The van der Waals surface area contributed by atoms with Crippen LogP contribution >= 0.6 is 0 Å². The Balaban J connectivity index is 0.00000185. The third-order valence-electron chi connectivity index (χ3n) is 17.5. The topological polar surface area (TPSA) is 25.3 Å². The van der Waals surface area contributed by atoms with Crippen LogP contribution in [0.5, 0.6) is 0 Å². The summed E-state index contributed by atoms with van der Waals surface area (Å²) in [5.41, 5.74) is 27.8. The quantitative estimate of drug-likeness (QED) is 0.0273. The molecular formula is C79H140N2Ni. The number of rotatable bonds is 52. The van der Waals surface area contributed by atoms with E-state index < -0.39 is 0 Å². The summed E-state index contributed by atoms with van der Waals surface area (Å²) >= 11 is 0. The van der Waals surface area contributed by atoms with Crippen LogP contribution in [-0.2, 0) is 55.0 Å². The van der Waals surface area contributed by atoms with E-state index in [1.807, 2.05) is 0 Å². The van der Waals surface area contributed by atoms with E-state index in [-0.39, 0.29) is 16.5 Å². The summed E-state index contributed by atoms with van der Waals surface area (Å²) in [6.45, 7) is 28.5. The van der Waals surface area contributed by atoms with Gasteiger partial charge in [0.2, 0.25) is 11.4 Å². The van der Waals surface area contributed by atoms with E-state index in [2.05, 4.69) is 107 Å². The summed E-state index contributed by atoms with van der Waals surface area (Å²) in [6.07, 6.45) is 70.4. The summed E-state index contributed by atoms with van der Waals surface area (Å²) in [7, 11) is 0. The molecule has 0 fully saturated rings. The molecular weight excluding hydrogens is 1040 g/mol. The van der Waals surface area contributed by atoms with Gasteiger partial charge >= 0.3 is 16.5 Å². The number of nitrogens with zero attached hydrogens (tertiary/aromatic N) is 2. The molecule has 0 spiro atoms. The molecule has 0 aliphatic carbocycles. The number of allylic oxidation sites excluding steroid dienone is 2. The van der Waals surface area contributed by atoms with E-state index in [1.165, 1.54) is 299 Å². The molecule has 2 nitrogen and oxygen atoms in total. The SMILES string of the molecule is CCCCCC1=C(c2cc(CCCCC)c(CCCCC)c(CCCCC)c2)[N+](=[N-])C(c2cc(CCCCC)c(CCCCC)c(CCCCC)c2)=C1.[CH2-]CCCCCCCCCCCCC.[CH2-]CCCCCCCCCCCCC.[Ni+2].